The van der Waals surface area contributed by atoms with Crippen molar-refractivity contribution in [2.45, 2.75) is 44.5 Å². The van der Waals surface area contributed by atoms with Gasteiger partial charge in [-0.15, -0.1) is 0 Å². The monoisotopic (exact) mass is 756 g/mol. The highest BCUT2D eigenvalue weighted by Gasteiger charge is 2.29. The molecule has 2 saturated heterocycles. The van der Waals surface area contributed by atoms with Crippen LogP contribution in [0.2, 0.25) is 10.0 Å². The molecule has 0 bridgehead atoms. The summed E-state index contributed by atoms with van der Waals surface area (Å²) in [5, 5.41) is 23.3. The molecule has 53 heavy (non-hydrogen) atoms. The SMILES string of the molecule is COc1nc(-c2cccc(-c3cccc(-c4ccn5c(=O)cc(CN6CC(O)CC6=O)nc5c4)c3Cl)c2Cl)ccc1CN(CC1CCC(=O)N1)C(=O)O. The lowest BCUT2D eigenvalue weighted by Crippen LogP contribution is -2.41. The van der Waals surface area contributed by atoms with Gasteiger partial charge in [-0.3, -0.25) is 18.8 Å². The van der Waals surface area contributed by atoms with Gasteiger partial charge in [0.15, 0.2) is 0 Å². The molecule has 2 atom stereocenters. The molecular formula is C38H34Cl2N6O7. The number of halogens is 2. The number of pyridine rings is 2. The number of methoxy groups -OCH3 is 1. The van der Waals surface area contributed by atoms with E-state index in [0.29, 0.717) is 73.3 Å². The van der Waals surface area contributed by atoms with Crippen LogP contribution in [-0.2, 0) is 22.7 Å². The lowest BCUT2D eigenvalue weighted by atomic mass is 9.97. The van der Waals surface area contributed by atoms with Crippen LogP contribution in [-0.4, -0.2) is 84.6 Å². The lowest BCUT2D eigenvalue weighted by molar-refractivity contribution is -0.128. The van der Waals surface area contributed by atoms with Crippen molar-refractivity contribution < 1.29 is 29.3 Å². The van der Waals surface area contributed by atoms with Crippen LogP contribution in [0.15, 0.2) is 77.7 Å². The Morgan fingerprint density at radius 1 is 0.981 bits per heavy atom. The fourth-order valence-electron chi connectivity index (χ4n) is 6.81. The van der Waals surface area contributed by atoms with Crippen LogP contribution < -0.4 is 15.6 Å². The Bertz CT molecular complexity index is 2330. The van der Waals surface area contributed by atoms with Gasteiger partial charge in [0, 0.05) is 65.6 Å². The molecule has 3 N–H and O–H groups in total. The van der Waals surface area contributed by atoms with E-state index >= 15 is 0 Å². The third kappa shape index (κ3) is 7.41. The lowest BCUT2D eigenvalue weighted by Gasteiger charge is -2.23. The number of ether oxygens (including phenoxy) is 1. The van der Waals surface area contributed by atoms with Gasteiger partial charge in [0.25, 0.3) is 5.56 Å². The Balaban J connectivity index is 1.17. The van der Waals surface area contributed by atoms with Crippen LogP contribution in [0.1, 0.15) is 30.5 Å². The zero-order valence-electron chi connectivity index (χ0n) is 28.5. The third-order valence-electron chi connectivity index (χ3n) is 9.43. The predicted molar refractivity (Wildman–Crippen MR) is 198 cm³/mol. The molecule has 13 nitrogen and oxygen atoms in total. The van der Waals surface area contributed by atoms with Gasteiger partial charge in [0.1, 0.15) is 5.65 Å². The van der Waals surface area contributed by atoms with Crippen molar-refractivity contribution in [1.29, 1.82) is 0 Å². The van der Waals surface area contributed by atoms with Gasteiger partial charge in [0.2, 0.25) is 17.7 Å². The summed E-state index contributed by atoms with van der Waals surface area (Å²) in [6.07, 6.45) is 0.747. The molecule has 3 amide bonds. The Hall–Kier alpha value is -5.50. The summed E-state index contributed by atoms with van der Waals surface area (Å²) in [4.78, 5) is 60.9. The van der Waals surface area contributed by atoms with E-state index in [2.05, 4.69) is 15.3 Å². The van der Waals surface area contributed by atoms with Crippen LogP contribution in [0, 0.1) is 0 Å². The van der Waals surface area contributed by atoms with E-state index in [0.717, 1.165) is 0 Å². The third-order valence-corrected chi connectivity index (χ3v) is 10.2. The molecule has 0 saturated carbocycles. The fourth-order valence-corrected chi connectivity index (χ4v) is 7.47. The number of nitrogens with zero attached hydrogens (tertiary/aromatic N) is 5. The average Bonchev–Trinajstić information content (AvgIpc) is 3.69. The maximum atomic E-state index is 12.9. The zero-order chi connectivity index (χ0) is 37.4. The number of likely N-dealkylation sites (tertiary alicyclic amines) is 1. The van der Waals surface area contributed by atoms with Crippen molar-refractivity contribution in [2.75, 3.05) is 20.2 Å². The molecule has 5 heterocycles. The van der Waals surface area contributed by atoms with E-state index in [-0.39, 0.29) is 61.9 Å². The highest BCUT2D eigenvalue weighted by molar-refractivity contribution is 6.39. The first kappa shape index (κ1) is 35.9. The van der Waals surface area contributed by atoms with Gasteiger partial charge >= 0.3 is 6.09 Å². The Kier molecular flexibility index (Phi) is 10.1. The molecule has 2 aliphatic rings. The Labute approximate surface area is 313 Å². The van der Waals surface area contributed by atoms with Gasteiger partial charge in [-0.25, -0.2) is 14.8 Å². The summed E-state index contributed by atoms with van der Waals surface area (Å²) in [6.45, 7) is 0.455. The number of aliphatic hydroxyl groups is 1. The maximum absolute atomic E-state index is 12.9. The summed E-state index contributed by atoms with van der Waals surface area (Å²) >= 11 is 14.2. The van der Waals surface area contributed by atoms with Crippen molar-refractivity contribution in [1.82, 2.24) is 29.5 Å². The summed E-state index contributed by atoms with van der Waals surface area (Å²) < 4.78 is 6.99. The quantitative estimate of drug-likeness (QED) is 0.172. The molecular weight excluding hydrogens is 723 g/mol. The maximum Gasteiger partial charge on any atom is 0.407 e. The molecule has 0 aliphatic carbocycles. The van der Waals surface area contributed by atoms with Crippen molar-refractivity contribution in [3.05, 3.63) is 105 Å². The molecule has 0 radical (unpaired) electrons. The second-order valence-corrected chi connectivity index (χ2v) is 13.8. The van der Waals surface area contributed by atoms with Crippen LogP contribution in [0.3, 0.4) is 0 Å². The van der Waals surface area contributed by atoms with Crippen LogP contribution in [0.5, 0.6) is 5.88 Å². The number of carboxylic acid groups (broad SMARTS) is 1. The highest BCUT2D eigenvalue weighted by atomic mass is 35.5. The normalized spacial score (nSPS) is 17.0. The minimum Gasteiger partial charge on any atom is -0.481 e. The van der Waals surface area contributed by atoms with Crippen molar-refractivity contribution in [2.24, 2.45) is 0 Å². The number of aromatic nitrogens is 3. The molecule has 15 heteroatoms. The number of benzene rings is 2. The van der Waals surface area contributed by atoms with E-state index in [1.54, 1.807) is 30.5 Å². The molecule has 272 valence electrons. The Morgan fingerprint density at radius 3 is 2.36 bits per heavy atom. The number of β-amino-alcohol motifs (C(OH)–C–C–N with tert-alkyl or cyclic N) is 1. The fraction of sp³-hybridized carbons (Fsp3) is 0.263. The molecule has 3 aromatic heterocycles. The van der Waals surface area contributed by atoms with E-state index < -0.39 is 12.2 Å². The van der Waals surface area contributed by atoms with Crippen molar-refractivity contribution >= 4 is 46.8 Å². The summed E-state index contributed by atoms with van der Waals surface area (Å²) in [7, 11) is 1.46. The average molecular weight is 758 g/mol. The second-order valence-electron chi connectivity index (χ2n) is 13.0. The summed E-state index contributed by atoms with van der Waals surface area (Å²) in [5.74, 6) is -0.0464. The van der Waals surface area contributed by atoms with Gasteiger partial charge in [-0.1, -0.05) is 59.6 Å². The molecule has 5 aromatic rings. The number of carbonyl (C=O) groups excluding carboxylic acids is 2. The number of nitrogens with one attached hydrogen (secondary N) is 1. The molecule has 2 unspecified atom stereocenters. The molecule has 2 aliphatic heterocycles. The minimum atomic E-state index is -1.12. The van der Waals surface area contributed by atoms with Gasteiger partial charge in [-0.2, -0.15) is 0 Å². The topological polar surface area (TPSA) is 167 Å². The van der Waals surface area contributed by atoms with Crippen LogP contribution >= 0.6 is 23.2 Å². The highest BCUT2D eigenvalue weighted by Crippen LogP contribution is 2.42. The minimum absolute atomic E-state index is 0.0107. The predicted octanol–water partition coefficient (Wildman–Crippen LogP) is 5.26. The number of hydrogen-bond acceptors (Lipinski definition) is 8. The van der Waals surface area contributed by atoms with E-state index in [4.69, 9.17) is 27.9 Å². The first-order valence-corrected chi connectivity index (χ1v) is 17.6. The Morgan fingerprint density at radius 2 is 1.70 bits per heavy atom. The van der Waals surface area contributed by atoms with Gasteiger partial charge in [0.05, 0.1) is 54.2 Å². The summed E-state index contributed by atoms with van der Waals surface area (Å²) in [6, 6.07) is 19.2. The zero-order valence-corrected chi connectivity index (χ0v) is 30.0. The number of aliphatic hydroxyl groups excluding tert-OH is 1. The van der Waals surface area contributed by atoms with Crippen LogP contribution in [0.4, 0.5) is 4.79 Å². The van der Waals surface area contributed by atoms with E-state index in [1.165, 1.54) is 27.4 Å². The van der Waals surface area contributed by atoms with E-state index in [9.17, 15) is 29.4 Å². The first-order chi connectivity index (χ1) is 25.5. The number of carbonyl (C=O) groups is 3. The number of amides is 3. The summed E-state index contributed by atoms with van der Waals surface area (Å²) in [5.41, 5.74) is 4.81. The van der Waals surface area contributed by atoms with Crippen molar-refractivity contribution in [3.63, 3.8) is 0 Å². The molecule has 7 rings (SSSR count). The van der Waals surface area contributed by atoms with E-state index in [1.807, 2.05) is 36.4 Å². The second kappa shape index (κ2) is 14.9. The van der Waals surface area contributed by atoms with Gasteiger partial charge in [-0.05, 0) is 36.2 Å². The standard InChI is InChI=1S/C38H34Cl2N6O7/c1-53-37-22(17-45(38(51)52)18-23-9-11-32(48)42-23)8-10-30(43-37)29-7-3-6-28(36(29)40)27-5-2-4-26(35(27)39)21-12-13-46-31(14-21)41-24(15-34(46)50)19-44-20-25(47)16-33(44)49/h2-8,10,12-15,23,25,47H,9,11,16-20H2,1H3,(H,42,48)(H,51,52). The largest absolute Gasteiger partial charge is 0.481 e. The molecule has 2 fully saturated rings. The number of fused-ring (bicyclic) bond motifs is 1. The molecule has 0 spiro atoms. The smallest absolute Gasteiger partial charge is 0.407 e. The number of rotatable bonds is 10. The number of hydrogen-bond donors (Lipinski definition) is 3. The van der Waals surface area contributed by atoms with Gasteiger partial charge < -0.3 is 30.1 Å². The molecule has 2 aromatic carbocycles. The van der Waals surface area contributed by atoms with Crippen molar-refractivity contribution in [3.8, 4) is 39.4 Å². The van der Waals surface area contributed by atoms with Crippen LogP contribution in [0.25, 0.3) is 39.2 Å². The first-order valence-electron chi connectivity index (χ1n) is 16.9.